The van der Waals surface area contributed by atoms with E-state index in [-0.39, 0.29) is 16.9 Å². The van der Waals surface area contributed by atoms with Crippen LogP contribution in [0.1, 0.15) is 82.2 Å². The van der Waals surface area contributed by atoms with E-state index in [0.717, 1.165) is 35.2 Å². The number of nitrogens with one attached hydrogen (secondary N) is 1. The number of aryl methyl sites for hydroxylation is 2. The number of amides is 2. The zero-order valence-electron chi connectivity index (χ0n) is 26.8. The fourth-order valence-corrected chi connectivity index (χ4v) is 5.93. The van der Waals surface area contributed by atoms with Crippen LogP contribution in [0.15, 0.2) is 60.7 Å². The predicted octanol–water partition coefficient (Wildman–Crippen LogP) is 7.56. The van der Waals surface area contributed by atoms with Crippen molar-refractivity contribution in [3.8, 4) is 5.75 Å². The number of aromatic hydroxyl groups is 1. The van der Waals surface area contributed by atoms with Crippen molar-refractivity contribution in [3.05, 3.63) is 93.5 Å². The van der Waals surface area contributed by atoms with Crippen molar-refractivity contribution in [2.24, 2.45) is 0 Å². The molecular weight excluding hydrogens is 558 g/mol. The van der Waals surface area contributed by atoms with Gasteiger partial charge < -0.3 is 15.5 Å². The van der Waals surface area contributed by atoms with Crippen LogP contribution in [-0.2, 0) is 30.2 Å². The molecule has 0 bridgehead atoms. The van der Waals surface area contributed by atoms with Crippen molar-refractivity contribution < 1.29 is 15.0 Å². The van der Waals surface area contributed by atoms with E-state index in [2.05, 4.69) is 76.0 Å². The van der Waals surface area contributed by atoms with Gasteiger partial charge in [-0.05, 0) is 63.6 Å². The molecule has 0 aromatic heterocycles. The molecule has 1 fully saturated rings. The highest BCUT2D eigenvalue weighted by molar-refractivity contribution is 6.31. The molecule has 1 saturated heterocycles. The molecule has 3 aromatic rings. The normalized spacial score (nSPS) is 15.7. The van der Waals surface area contributed by atoms with Crippen LogP contribution in [0.4, 0.5) is 10.5 Å². The lowest BCUT2D eigenvalue weighted by Gasteiger charge is -2.39. The number of hydrogen-bond donors (Lipinski definition) is 3. The Kier molecular flexibility index (Phi) is 9.85. The van der Waals surface area contributed by atoms with Crippen molar-refractivity contribution in [3.63, 3.8) is 0 Å². The first kappa shape index (κ1) is 32.8. The summed E-state index contributed by atoms with van der Waals surface area (Å²) in [7, 11) is 1.72. The van der Waals surface area contributed by atoms with Crippen LogP contribution >= 0.6 is 11.6 Å². The lowest BCUT2D eigenvalue weighted by Crippen LogP contribution is -2.57. The largest absolute Gasteiger partial charge is 0.507 e. The van der Waals surface area contributed by atoms with Crippen molar-refractivity contribution in [2.45, 2.75) is 90.3 Å². The molecule has 0 spiro atoms. The highest BCUT2D eigenvalue weighted by atomic mass is 35.5. The molecule has 3 N–H and O–H groups in total. The van der Waals surface area contributed by atoms with Crippen LogP contribution in [0, 0.1) is 0 Å². The van der Waals surface area contributed by atoms with Crippen molar-refractivity contribution in [2.75, 3.05) is 25.0 Å². The Morgan fingerprint density at radius 3 is 2.05 bits per heavy atom. The number of carbonyl (C=O) groups excluding carboxylic acids is 1. The highest BCUT2D eigenvalue weighted by Gasteiger charge is 2.35. The maximum atomic E-state index is 13.4. The summed E-state index contributed by atoms with van der Waals surface area (Å²) >= 11 is 6.40. The van der Waals surface area contributed by atoms with E-state index < -0.39 is 5.72 Å². The molecule has 0 aliphatic carbocycles. The minimum atomic E-state index is -1.27. The summed E-state index contributed by atoms with van der Waals surface area (Å²) in [6.07, 6.45) is 2.32. The number of benzene rings is 3. The molecule has 0 unspecified atom stereocenters. The predicted molar refractivity (Wildman–Crippen MR) is 177 cm³/mol. The van der Waals surface area contributed by atoms with Gasteiger partial charge in [0, 0.05) is 50.2 Å². The summed E-state index contributed by atoms with van der Waals surface area (Å²) in [6.45, 7) is 14.9. The number of aliphatic hydroxyl groups is 1. The lowest BCUT2D eigenvalue weighted by molar-refractivity contribution is -0.0394. The first-order valence-corrected chi connectivity index (χ1v) is 15.6. The molecule has 1 heterocycles. The number of phenols is 1. The Hall–Kier alpha value is -3.06. The Bertz CT molecular complexity index is 1380. The number of hydrogen-bond acceptors (Lipinski definition) is 4. The maximum absolute atomic E-state index is 13.4. The van der Waals surface area contributed by atoms with E-state index in [0.29, 0.717) is 48.8 Å². The second-order valence-corrected chi connectivity index (χ2v) is 14.5. The average Bonchev–Trinajstić information content (AvgIpc) is 2.93. The van der Waals surface area contributed by atoms with Gasteiger partial charge in [-0.3, -0.25) is 9.80 Å². The number of likely N-dealkylation sites (tertiary alicyclic amines) is 1. The third-order valence-electron chi connectivity index (χ3n) is 8.45. The smallest absolute Gasteiger partial charge is 0.323 e. The van der Waals surface area contributed by atoms with E-state index in [9.17, 15) is 15.0 Å². The Labute approximate surface area is 262 Å². The van der Waals surface area contributed by atoms with Crippen molar-refractivity contribution >= 4 is 23.3 Å². The van der Waals surface area contributed by atoms with Gasteiger partial charge in [0.2, 0.25) is 0 Å². The van der Waals surface area contributed by atoms with Gasteiger partial charge in [-0.1, -0.05) is 102 Å². The molecule has 2 amide bonds. The van der Waals surface area contributed by atoms with Gasteiger partial charge in [0.1, 0.15) is 11.5 Å². The van der Waals surface area contributed by atoms with Crippen molar-refractivity contribution in [1.29, 1.82) is 0 Å². The zero-order chi connectivity index (χ0) is 31.6. The van der Waals surface area contributed by atoms with E-state index in [1.54, 1.807) is 18.0 Å². The number of piperidine rings is 1. The number of halogens is 1. The van der Waals surface area contributed by atoms with E-state index in [1.165, 1.54) is 5.56 Å². The number of nitrogens with zero attached hydrogens (tertiary/aromatic N) is 2. The Balaban J connectivity index is 1.47. The topological polar surface area (TPSA) is 76.0 Å². The van der Waals surface area contributed by atoms with Crippen LogP contribution in [-0.4, -0.2) is 47.0 Å². The number of rotatable bonds is 7. The molecule has 43 heavy (non-hydrogen) atoms. The zero-order valence-corrected chi connectivity index (χ0v) is 27.6. The SMILES string of the molecule is CN(C(=O)NC1(O)CCN(Cc2ccccc2)CC1)c1cc(Cl)ccc1CCc1cc(C(C)(C)C)c(O)c(C(C)(C)C)c1. The van der Waals surface area contributed by atoms with Crippen molar-refractivity contribution in [1.82, 2.24) is 10.2 Å². The Morgan fingerprint density at radius 1 is 0.907 bits per heavy atom. The minimum Gasteiger partial charge on any atom is -0.507 e. The molecule has 7 heteroatoms. The molecule has 1 aliphatic rings. The monoisotopic (exact) mass is 605 g/mol. The fraction of sp³-hybridized carbons (Fsp3) is 0.472. The summed E-state index contributed by atoms with van der Waals surface area (Å²) in [5.41, 5.74) is 4.26. The van der Waals surface area contributed by atoms with Crippen LogP contribution < -0.4 is 10.2 Å². The summed E-state index contributed by atoms with van der Waals surface area (Å²) < 4.78 is 0. The van der Waals surface area contributed by atoms with Gasteiger partial charge in [-0.25, -0.2) is 4.79 Å². The molecule has 0 radical (unpaired) electrons. The highest BCUT2D eigenvalue weighted by Crippen LogP contribution is 2.40. The number of urea groups is 1. The number of phenolic OH excluding ortho intramolecular Hbond substituents is 1. The standard InChI is InChI=1S/C36H48ClN3O3/c1-34(2,3)29-21-26(22-30(32(29)41)35(4,5)6)13-14-27-15-16-28(37)23-31(27)39(7)33(42)38-36(43)17-19-40(20-18-36)24-25-11-9-8-10-12-25/h8-12,15-16,21-23,41,43H,13-14,17-20,24H2,1-7H3,(H,38,42). The van der Waals surface area contributed by atoms with E-state index in [4.69, 9.17) is 11.6 Å². The lowest BCUT2D eigenvalue weighted by atomic mass is 9.78. The van der Waals surface area contributed by atoms with Gasteiger partial charge in [-0.2, -0.15) is 0 Å². The molecule has 6 nitrogen and oxygen atoms in total. The van der Waals surface area contributed by atoms with Gasteiger partial charge in [-0.15, -0.1) is 0 Å². The van der Waals surface area contributed by atoms with Gasteiger partial charge in [0.15, 0.2) is 0 Å². The summed E-state index contributed by atoms with van der Waals surface area (Å²) in [4.78, 5) is 17.3. The molecular formula is C36H48ClN3O3. The summed E-state index contributed by atoms with van der Waals surface area (Å²) in [5, 5.41) is 25.8. The van der Waals surface area contributed by atoms with Crippen LogP contribution in [0.5, 0.6) is 5.75 Å². The van der Waals surface area contributed by atoms with Crippen LogP contribution in [0.2, 0.25) is 5.02 Å². The van der Waals surface area contributed by atoms with Crippen LogP contribution in [0.25, 0.3) is 0 Å². The molecule has 3 aromatic carbocycles. The van der Waals surface area contributed by atoms with Gasteiger partial charge in [0.05, 0.1) is 0 Å². The molecule has 0 saturated carbocycles. The second kappa shape index (κ2) is 12.9. The molecule has 1 aliphatic heterocycles. The molecule has 0 atom stereocenters. The maximum Gasteiger partial charge on any atom is 0.323 e. The van der Waals surface area contributed by atoms with Gasteiger partial charge in [0.25, 0.3) is 0 Å². The second-order valence-electron chi connectivity index (χ2n) is 14.1. The fourth-order valence-electron chi connectivity index (χ4n) is 5.76. The first-order valence-electron chi connectivity index (χ1n) is 15.3. The third-order valence-corrected chi connectivity index (χ3v) is 8.69. The molecule has 232 valence electrons. The quantitative estimate of drug-likeness (QED) is 0.243. The molecule has 4 rings (SSSR count). The van der Waals surface area contributed by atoms with Gasteiger partial charge >= 0.3 is 6.03 Å². The minimum absolute atomic E-state index is 0.207. The average molecular weight is 606 g/mol. The summed E-state index contributed by atoms with van der Waals surface area (Å²) in [6, 6.07) is 19.8. The number of anilines is 1. The van der Waals surface area contributed by atoms with E-state index >= 15 is 0 Å². The third kappa shape index (κ3) is 8.31. The Morgan fingerprint density at radius 2 is 1.49 bits per heavy atom. The first-order chi connectivity index (χ1) is 20.1. The van der Waals surface area contributed by atoms with E-state index in [1.807, 2.05) is 30.3 Å². The number of carbonyl (C=O) groups is 1. The van der Waals surface area contributed by atoms with Crippen LogP contribution in [0.3, 0.4) is 0 Å². The summed E-state index contributed by atoms with van der Waals surface area (Å²) in [5.74, 6) is 0.371.